The Kier molecular flexibility index (Phi) is 6.69. The molecule has 6 heteroatoms. The van der Waals surface area contributed by atoms with Crippen LogP contribution in [-0.4, -0.2) is 62.5 Å². The number of anilines is 1. The molecule has 1 aromatic heterocycles. The maximum absolute atomic E-state index is 6.19. The van der Waals surface area contributed by atoms with E-state index >= 15 is 0 Å². The molecule has 2 aliphatic heterocycles. The number of benzene rings is 1. The van der Waals surface area contributed by atoms with E-state index in [1.54, 1.807) is 7.11 Å². The summed E-state index contributed by atoms with van der Waals surface area (Å²) in [6.45, 7) is 8.30. The van der Waals surface area contributed by atoms with E-state index < -0.39 is 0 Å². The number of hydrogen-bond donors (Lipinski definition) is 1. The standard InChI is InChI=1S/C26H37N3O3/c1-18-13-20-22(14-18)28-23-16-25(32-12-6-10-29-8-3-4-9-29)24(30-2)15-21(23)26(20)27-17-19-7-5-11-31-19/h15-16,18-19H,3-14,17H2,1-2H3,(H,27,28)/t18?,19-/m1/s1. The average Bonchev–Trinajstić information content (AvgIpc) is 3.55. The van der Waals surface area contributed by atoms with Gasteiger partial charge in [-0.3, -0.25) is 4.98 Å². The second-order valence-electron chi connectivity index (χ2n) is 9.71. The number of methoxy groups -OCH3 is 1. The van der Waals surface area contributed by atoms with Crippen LogP contribution in [0.25, 0.3) is 10.9 Å². The smallest absolute Gasteiger partial charge is 0.163 e. The molecule has 1 aliphatic carbocycles. The van der Waals surface area contributed by atoms with Gasteiger partial charge in [-0.1, -0.05) is 6.92 Å². The van der Waals surface area contributed by atoms with Gasteiger partial charge in [0.15, 0.2) is 11.5 Å². The van der Waals surface area contributed by atoms with Gasteiger partial charge in [-0.15, -0.1) is 0 Å². The van der Waals surface area contributed by atoms with Gasteiger partial charge in [0, 0.05) is 42.5 Å². The molecule has 2 saturated heterocycles. The lowest BCUT2D eigenvalue weighted by Gasteiger charge is -2.19. The third kappa shape index (κ3) is 4.67. The molecule has 5 rings (SSSR count). The van der Waals surface area contributed by atoms with Crippen LogP contribution in [0.3, 0.4) is 0 Å². The van der Waals surface area contributed by atoms with E-state index in [-0.39, 0.29) is 0 Å². The molecule has 6 nitrogen and oxygen atoms in total. The van der Waals surface area contributed by atoms with Gasteiger partial charge in [0.2, 0.25) is 0 Å². The average molecular weight is 440 g/mol. The molecule has 0 saturated carbocycles. The summed E-state index contributed by atoms with van der Waals surface area (Å²) in [5.41, 5.74) is 4.79. The van der Waals surface area contributed by atoms with Gasteiger partial charge < -0.3 is 24.4 Å². The van der Waals surface area contributed by atoms with Crippen LogP contribution >= 0.6 is 0 Å². The Morgan fingerprint density at radius 3 is 2.81 bits per heavy atom. The number of hydrogen-bond acceptors (Lipinski definition) is 6. The lowest BCUT2D eigenvalue weighted by molar-refractivity contribution is 0.120. The van der Waals surface area contributed by atoms with Crippen molar-refractivity contribution in [3.05, 3.63) is 23.4 Å². The van der Waals surface area contributed by atoms with Crippen molar-refractivity contribution in [2.45, 2.75) is 58.0 Å². The van der Waals surface area contributed by atoms with Gasteiger partial charge in [-0.25, -0.2) is 0 Å². The molecular weight excluding hydrogens is 402 g/mol. The highest BCUT2D eigenvalue weighted by Gasteiger charge is 2.26. The summed E-state index contributed by atoms with van der Waals surface area (Å²) in [6.07, 6.45) is 8.39. The summed E-state index contributed by atoms with van der Waals surface area (Å²) in [6, 6.07) is 4.18. The molecule has 0 amide bonds. The van der Waals surface area contributed by atoms with Crippen LogP contribution in [0.15, 0.2) is 12.1 Å². The molecule has 174 valence electrons. The second kappa shape index (κ2) is 9.84. The van der Waals surface area contributed by atoms with Crippen LogP contribution in [-0.2, 0) is 17.6 Å². The fraction of sp³-hybridized carbons (Fsp3) is 0.654. The van der Waals surface area contributed by atoms with Crippen LogP contribution in [0.1, 0.15) is 50.3 Å². The molecule has 1 aromatic carbocycles. The van der Waals surface area contributed by atoms with Crippen molar-refractivity contribution < 1.29 is 14.2 Å². The van der Waals surface area contributed by atoms with Crippen LogP contribution in [0.5, 0.6) is 11.5 Å². The van der Waals surface area contributed by atoms with Crippen LogP contribution in [0.2, 0.25) is 0 Å². The topological polar surface area (TPSA) is 55.9 Å². The number of ether oxygens (including phenoxy) is 3. The Hall–Kier alpha value is -2.05. The van der Waals surface area contributed by atoms with E-state index in [1.165, 1.54) is 42.9 Å². The van der Waals surface area contributed by atoms with Crippen molar-refractivity contribution in [2.24, 2.45) is 5.92 Å². The van der Waals surface area contributed by atoms with Gasteiger partial charge in [0.05, 0.1) is 25.3 Å². The maximum atomic E-state index is 6.19. The fourth-order valence-electron chi connectivity index (χ4n) is 5.47. The largest absolute Gasteiger partial charge is 0.493 e. The number of nitrogens with one attached hydrogen (secondary N) is 1. The molecule has 32 heavy (non-hydrogen) atoms. The Balaban J connectivity index is 1.38. The summed E-state index contributed by atoms with van der Waals surface area (Å²) < 4.78 is 17.8. The van der Waals surface area contributed by atoms with Crippen molar-refractivity contribution >= 4 is 16.6 Å². The Morgan fingerprint density at radius 2 is 2.03 bits per heavy atom. The summed E-state index contributed by atoms with van der Waals surface area (Å²) in [4.78, 5) is 7.59. The Bertz CT molecular complexity index is 936. The Morgan fingerprint density at radius 1 is 1.16 bits per heavy atom. The van der Waals surface area contributed by atoms with Crippen molar-refractivity contribution in [3.63, 3.8) is 0 Å². The predicted molar refractivity (Wildman–Crippen MR) is 128 cm³/mol. The molecule has 3 heterocycles. The van der Waals surface area contributed by atoms with E-state index in [1.807, 2.05) is 0 Å². The lowest BCUT2D eigenvalue weighted by Crippen LogP contribution is -2.22. The van der Waals surface area contributed by atoms with E-state index in [4.69, 9.17) is 19.2 Å². The highest BCUT2D eigenvalue weighted by atomic mass is 16.5. The zero-order valence-electron chi connectivity index (χ0n) is 19.6. The molecule has 0 radical (unpaired) electrons. The SMILES string of the molecule is COc1cc2c(NC[C@H]3CCCO3)c3c(nc2cc1OCCCN1CCCC1)CC(C)C3. The first-order valence-electron chi connectivity index (χ1n) is 12.5. The van der Waals surface area contributed by atoms with Crippen LogP contribution in [0, 0.1) is 5.92 Å². The first-order chi connectivity index (χ1) is 15.7. The van der Waals surface area contributed by atoms with Crippen molar-refractivity contribution in [3.8, 4) is 11.5 Å². The Labute approximate surface area is 191 Å². The number of nitrogens with zero attached hydrogens (tertiary/aromatic N) is 2. The number of pyridine rings is 1. The third-order valence-electron chi connectivity index (χ3n) is 7.16. The van der Waals surface area contributed by atoms with E-state index in [9.17, 15) is 0 Å². The molecule has 0 bridgehead atoms. The van der Waals surface area contributed by atoms with Crippen molar-refractivity contribution in [1.82, 2.24) is 9.88 Å². The highest BCUT2D eigenvalue weighted by molar-refractivity contribution is 5.96. The summed E-state index contributed by atoms with van der Waals surface area (Å²) in [7, 11) is 1.72. The monoisotopic (exact) mass is 439 g/mol. The number of aromatic nitrogens is 1. The first-order valence-corrected chi connectivity index (χ1v) is 12.5. The normalized spacial score (nSPS) is 23.1. The number of likely N-dealkylation sites (tertiary alicyclic amines) is 1. The summed E-state index contributed by atoms with van der Waals surface area (Å²) in [5, 5.41) is 4.86. The molecule has 3 aliphatic rings. The minimum Gasteiger partial charge on any atom is -0.493 e. The molecular formula is C26H37N3O3. The fourth-order valence-corrected chi connectivity index (χ4v) is 5.47. The minimum atomic E-state index is 0.299. The molecule has 1 N–H and O–H groups in total. The molecule has 2 fully saturated rings. The van der Waals surface area contributed by atoms with E-state index in [0.717, 1.165) is 74.2 Å². The molecule has 2 atom stereocenters. The summed E-state index contributed by atoms with van der Waals surface area (Å²) in [5.74, 6) is 2.21. The van der Waals surface area contributed by atoms with Gasteiger partial charge in [-0.2, -0.15) is 0 Å². The number of rotatable bonds is 9. The minimum absolute atomic E-state index is 0.299. The molecule has 0 spiro atoms. The van der Waals surface area contributed by atoms with Gasteiger partial charge in [0.1, 0.15) is 0 Å². The van der Waals surface area contributed by atoms with Crippen molar-refractivity contribution in [1.29, 1.82) is 0 Å². The van der Waals surface area contributed by atoms with Gasteiger partial charge in [-0.05, 0) is 75.6 Å². The van der Waals surface area contributed by atoms with Crippen LogP contribution in [0.4, 0.5) is 5.69 Å². The second-order valence-corrected chi connectivity index (χ2v) is 9.71. The van der Waals surface area contributed by atoms with E-state index in [0.29, 0.717) is 18.6 Å². The molecule has 2 aromatic rings. The van der Waals surface area contributed by atoms with Gasteiger partial charge >= 0.3 is 0 Å². The van der Waals surface area contributed by atoms with Gasteiger partial charge in [0.25, 0.3) is 0 Å². The highest BCUT2D eigenvalue weighted by Crippen LogP contribution is 2.41. The third-order valence-corrected chi connectivity index (χ3v) is 7.16. The maximum Gasteiger partial charge on any atom is 0.163 e. The predicted octanol–water partition coefficient (Wildman–Crippen LogP) is 4.43. The van der Waals surface area contributed by atoms with Crippen molar-refractivity contribution in [2.75, 3.05) is 51.8 Å². The number of fused-ring (bicyclic) bond motifs is 2. The summed E-state index contributed by atoms with van der Waals surface area (Å²) >= 11 is 0. The quantitative estimate of drug-likeness (QED) is 0.583. The van der Waals surface area contributed by atoms with Crippen LogP contribution < -0.4 is 14.8 Å². The zero-order chi connectivity index (χ0) is 21.9. The zero-order valence-corrected chi connectivity index (χ0v) is 19.6. The first kappa shape index (κ1) is 21.8. The lowest BCUT2D eigenvalue weighted by atomic mass is 10.0. The molecule has 1 unspecified atom stereocenters. The van der Waals surface area contributed by atoms with E-state index in [2.05, 4.69) is 29.3 Å².